The van der Waals surface area contributed by atoms with E-state index in [9.17, 15) is 4.79 Å². The Bertz CT molecular complexity index is 1510. The predicted molar refractivity (Wildman–Crippen MR) is 174 cm³/mol. The zero-order valence-electron chi connectivity index (χ0n) is 25.7. The molecule has 0 aliphatic heterocycles. The third-order valence-electron chi connectivity index (χ3n) is 7.78. The van der Waals surface area contributed by atoms with E-state index in [0.29, 0.717) is 17.1 Å². The van der Waals surface area contributed by atoms with E-state index in [2.05, 4.69) is 52.9 Å². The lowest BCUT2D eigenvalue weighted by molar-refractivity contribution is 0.0942. The van der Waals surface area contributed by atoms with Crippen LogP contribution in [0.5, 0.6) is 11.5 Å². The lowest BCUT2D eigenvalue weighted by Gasteiger charge is -2.29. The normalized spacial score (nSPS) is 11.9. The van der Waals surface area contributed by atoms with Gasteiger partial charge in [0.2, 0.25) is 0 Å². The molecule has 1 N–H and O–H groups in total. The Morgan fingerprint density at radius 2 is 1.55 bits per heavy atom. The number of aromatic nitrogens is 1. The summed E-state index contributed by atoms with van der Waals surface area (Å²) in [6, 6.07) is 23.3. The second-order valence-corrected chi connectivity index (χ2v) is 12.4. The molecule has 0 radical (unpaired) electrons. The summed E-state index contributed by atoms with van der Waals surface area (Å²) in [6.07, 6.45) is 4.41. The molecular formula is C36H43ClN2O3. The van der Waals surface area contributed by atoms with Crippen molar-refractivity contribution in [1.29, 1.82) is 0 Å². The Morgan fingerprint density at radius 1 is 0.857 bits per heavy atom. The molecule has 0 bridgehead atoms. The molecule has 0 saturated carbocycles. The number of para-hydroxylation sites is 1. The summed E-state index contributed by atoms with van der Waals surface area (Å²) in [5.74, 6) is 1.59. The molecule has 222 valence electrons. The summed E-state index contributed by atoms with van der Waals surface area (Å²) in [6.45, 7) is 13.2. The molecule has 0 spiro atoms. The highest BCUT2D eigenvalue weighted by molar-refractivity contribution is 6.30. The first-order chi connectivity index (χ1) is 20.0. The molecule has 1 amide bonds. The molecule has 1 heterocycles. The third kappa shape index (κ3) is 8.25. The minimum atomic E-state index is -0.278. The fraction of sp³-hybridized carbons (Fsp3) is 0.389. The van der Waals surface area contributed by atoms with E-state index >= 15 is 0 Å². The van der Waals surface area contributed by atoms with Gasteiger partial charge in [0.1, 0.15) is 22.7 Å². The van der Waals surface area contributed by atoms with Gasteiger partial charge in [-0.05, 0) is 95.7 Å². The van der Waals surface area contributed by atoms with E-state index in [4.69, 9.17) is 26.1 Å². The van der Waals surface area contributed by atoms with Crippen LogP contribution in [0.2, 0.25) is 5.02 Å². The van der Waals surface area contributed by atoms with Crippen molar-refractivity contribution in [3.8, 4) is 22.8 Å². The van der Waals surface area contributed by atoms with Gasteiger partial charge in [-0.1, -0.05) is 61.8 Å². The highest BCUT2D eigenvalue weighted by atomic mass is 35.5. The van der Waals surface area contributed by atoms with Gasteiger partial charge in [-0.15, -0.1) is 0 Å². The third-order valence-corrected chi connectivity index (χ3v) is 8.03. The van der Waals surface area contributed by atoms with Gasteiger partial charge in [0.15, 0.2) is 0 Å². The number of carbonyl (C=O) groups excluding carboxylic acids is 1. The summed E-state index contributed by atoms with van der Waals surface area (Å²) >= 11 is 6.08. The molecule has 1 aromatic heterocycles. The van der Waals surface area contributed by atoms with Crippen molar-refractivity contribution in [1.82, 2.24) is 10.3 Å². The van der Waals surface area contributed by atoms with E-state index < -0.39 is 0 Å². The molecule has 42 heavy (non-hydrogen) atoms. The lowest BCUT2D eigenvalue weighted by atomic mass is 10.0. The number of hydrogen-bond acceptors (Lipinski definition) is 4. The van der Waals surface area contributed by atoms with Crippen molar-refractivity contribution in [2.75, 3.05) is 6.54 Å². The van der Waals surface area contributed by atoms with Gasteiger partial charge < -0.3 is 14.8 Å². The number of pyridine rings is 1. The second-order valence-electron chi connectivity index (χ2n) is 12.0. The van der Waals surface area contributed by atoms with Crippen LogP contribution in [0.25, 0.3) is 22.2 Å². The molecule has 4 aromatic rings. The van der Waals surface area contributed by atoms with Crippen molar-refractivity contribution in [3.05, 3.63) is 88.9 Å². The summed E-state index contributed by atoms with van der Waals surface area (Å²) in [5.41, 5.74) is 3.69. The maximum absolute atomic E-state index is 13.4. The van der Waals surface area contributed by atoms with Crippen LogP contribution >= 0.6 is 11.6 Å². The Labute approximate surface area is 255 Å². The zero-order valence-corrected chi connectivity index (χ0v) is 26.5. The number of rotatable bonds is 13. The predicted octanol–water partition coefficient (Wildman–Crippen LogP) is 9.44. The van der Waals surface area contributed by atoms with Crippen LogP contribution in [0, 0.1) is 0 Å². The second kappa shape index (κ2) is 13.6. The summed E-state index contributed by atoms with van der Waals surface area (Å²) in [4.78, 5) is 18.1. The minimum Gasteiger partial charge on any atom is -0.488 e. The van der Waals surface area contributed by atoms with Crippen molar-refractivity contribution >= 4 is 28.4 Å². The summed E-state index contributed by atoms with van der Waals surface area (Å²) in [7, 11) is 0. The van der Waals surface area contributed by atoms with E-state index in [1.807, 2.05) is 66.7 Å². The molecule has 0 saturated heterocycles. The number of nitrogens with one attached hydrogen (secondary N) is 1. The minimum absolute atomic E-state index is 0.0995. The standard InChI is InChI=1S/C36H43ClN2O3/c1-7-35(3,4)41-28-21-18-26(33(23-28)42-36(5,6)8-2)13-11-12-22-38-34(40)30-24-32(25-16-19-27(37)20-17-25)39-31-15-10-9-14-29(30)31/h9-10,14-21,23-24H,7-8,11-13,22H2,1-6H3,(H,38,40). The number of hydrogen-bond donors (Lipinski definition) is 1. The van der Waals surface area contributed by atoms with Gasteiger partial charge in [-0.25, -0.2) is 4.98 Å². The number of benzene rings is 3. The molecule has 0 aliphatic carbocycles. The highest BCUT2D eigenvalue weighted by Gasteiger charge is 2.22. The Kier molecular flexibility index (Phi) is 10.2. The fourth-order valence-corrected chi connectivity index (χ4v) is 4.66. The Balaban J connectivity index is 1.42. The largest absolute Gasteiger partial charge is 0.488 e. The van der Waals surface area contributed by atoms with Crippen LogP contribution in [-0.2, 0) is 6.42 Å². The van der Waals surface area contributed by atoms with E-state index in [-0.39, 0.29) is 17.1 Å². The van der Waals surface area contributed by atoms with Crippen LogP contribution in [0.4, 0.5) is 0 Å². The highest BCUT2D eigenvalue weighted by Crippen LogP contribution is 2.32. The number of fused-ring (bicyclic) bond motifs is 1. The molecule has 6 heteroatoms. The molecule has 0 fully saturated rings. The number of ether oxygens (including phenoxy) is 2. The quantitative estimate of drug-likeness (QED) is 0.158. The van der Waals surface area contributed by atoms with Crippen LogP contribution < -0.4 is 14.8 Å². The number of carbonyl (C=O) groups is 1. The smallest absolute Gasteiger partial charge is 0.252 e. The SMILES string of the molecule is CCC(C)(C)Oc1ccc(CCCCNC(=O)c2cc(-c3ccc(Cl)cc3)nc3ccccc23)c(OC(C)(C)CC)c1. The van der Waals surface area contributed by atoms with Gasteiger partial charge >= 0.3 is 0 Å². The maximum atomic E-state index is 13.4. The van der Waals surface area contributed by atoms with E-state index in [1.54, 1.807) is 0 Å². The van der Waals surface area contributed by atoms with Crippen LogP contribution in [0.1, 0.15) is 83.1 Å². The maximum Gasteiger partial charge on any atom is 0.252 e. The van der Waals surface area contributed by atoms with Crippen LogP contribution in [0.3, 0.4) is 0 Å². The van der Waals surface area contributed by atoms with Gasteiger partial charge in [0, 0.05) is 28.6 Å². The molecule has 0 aliphatic rings. The number of aryl methyl sites for hydroxylation is 1. The zero-order chi connectivity index (χ0) is 30.3. The average Bonchev–Trinajstić information content (AvgIpc) is 2.97. The van der Waals surface area contributed by atoms with Gasteiger partial charge in [0.05, 0.1) is 16.8 Å². The monoisotopic (exact) mass is 586 g/mol. The first kappa shape index (κ1) is 31.4. The van der Waals surface area contributed by atoms with Crippen LogP contribution in [-0.4, -0.2) is 28.6 Å². The van der Waals surface area contributed by atoms with E-state index in [0.717, 1.165) is 71.3 Å². The van der Waals surface area contributed by atoms with Crippen molar-refractivity contribution in [2.45, 2.75) is 84.8 Å². The van der Waals surface area contributed by atoms with Gasteiger partial charge in [0.25, 0.3) is 5.91 Å². The fourth-order valence-electron chi connectivity index (χ4n) is 4.53. The van der Waals surface area contributed by atoms with Crippen molar-refractivity contribution in [3.63, 3.8) is 0 Å². The molecular weight excluding hydrogens is 544 g/mol. The molecule has 0 atom stereocenters. The Hall–Kier alpha value is -3.57. The number of halogens is 1. The first-order valence-electron chi connectivity index (χ1n) is 14.9. The van der Waals surface area contributed by atoms with E-state index in [1.165, 1.54) is 0 Å². The van der Waals surface area contributed by atoms with Crippen molar-refractivity contribution in [2.24, 2.45) is 0 Å². The molecule has 0 unspecified atom stereocenters. The first-order valence-corrected chi connectivity index (χ1v) is 15.3. The Morgan fingerprint density at radius 3 is 2.26 bits per heavy atom. The van der Waals surface area contributed by atoms with Crippen molar-refractivity contribution < 1.29 is 14.3 Å². The lowest BCUT2D eigenvalue weighted by Crippen LogP contribution is -2.28. The summed E-state index contributed by atoms with van der Waals surface area (Å²) in [5, 5.41) is 4.63. The number of unbranched alkanes of at least 4 members (excludes halogenated alkanes) is 1. The molecule has 5 nitrogen and oxygen atoms in total. The summed E-state index contributed by atoms with van der Waals surface area (Å²) < 4.78 is 12.7. The molecule has 3 aromatic carbocycles. The van der Waals surface area contributed by atoms with Gasteiger partial charge in [-0.3, -0.25) is 4.79 Å². The topological polar surface area (TPSA) is 60.5 Å². The van der Waals surface area contributed by atoms with Gasteiger partial charge in [-0.2, -0.15) is 0 Å². The number of nitrogens with zero attached hydrogens (tertiary/aromatic N) is 1. The molecule has 4 rings (SSSR count). The number of amides is 1. The average molecular weight is 587 g/mol. The van der Waals surface area contributed by atoms with Crippen LogP contribution in [0.15, 0.2) is 72.8 Å².